The summed E-state index contributed by atoms with van der Waals surface area (Å²) in [7, 11) is 3.70. The molecule has 3 heterocycles. The minimum atomic E-state index is -0.107. The quantitative estimate of drug-likeness (QED) is 0.769. The van der Waals surface area contributed by atoms with Gasteiger partial charge in [0.25, 0.3) is 5.91 Å². The Kier molecular flexibility index (Phi) is 4.20. The normalized spacial score (nSPS) is 20.0. The van der Waals surface area contributed by atoms with Crippen LogP contribution < -0.4 is 0 Å². The molecule has 0 unspecified atom stereocenters. The van der Waals surface area contributed by atoms with Crippen molar-refractivity contribution in [3.05, 3.63) is 41.7 Å². The van der Waals surface area contributed by atoms with Crippen LogP contribution >= 0.6 is 0 Å². The van der Waals surface area contributed by atoms with Crippen molar-refractivity contribution in [1.29, 1.82) is 0 Å². The van der Waals surface area contributed by atoms with Crippen LogP contribution in [0.15, 0.2) is 24.5 Å². The number of amides is 1. The third kappa shape index (κ3) is 2.86. The van der Waals surface area contributed by atoms with Gasteiger partial charge in [-0.15, -0.1) is 0 Å². The molecule has 1 fully saturated rings. The summed E-state index contributed by atoms with van der Waals surface area (Å²) in [6, 6.07) is 5.62. The second-order valence-electron chi connectivity index (χ2n) is 6.80. The molecule has 2 aromatic heterocycles. The summed E-state index contributed by atoms with van der Waals surface area (Å²) in [5.41, 5.74) is 2.31. The fraction of sp³-hybridized carbons (Fsp3) is 0.444. The minimum Gasteiger partial charge on any atom is -0.376 e. The van der Waals surface area contributed by atoms with Crippen LogP contribution in [0.2, 0.25) is 0 Å². The molecule has 1 aromatic carbocycles. The molecular formula is C18H22N6O2. The van der Waals surface area contributed by atoms with Gasteiger partial charge in [-0.2, -0.15) is 5.10 Å². The molecule has 0 saturated carbocycles. The smallest absolute Gasteiger partial charge is 0.255 e. The molecule has 1 N–H and O–H groups in total. The molecule has 0 aliphatic carbocycles. The first-order chi connectivity index (χ1) is 12.5. The summed E-state index contributed by atoms with van der Waals surface area (Å²) >= 11 is 0. The number of likely N-dealkylation sites (N-methyl/N-ethyl adjacent to an activating group) is 1. The van der Waals surface area contributed by atoms with Crippen LogP contribution in [-0.2, 0) is 11.8 Å². The third-order valence-corrected chi connectivity index (χ3v) is 4.92. The van der Waals surface area contributed by atoms with Crippen molar-refractivity contribution >= 4 is 16.9 Å². The molecule has 2 atom stereocenters. The van der Waals surface area contributed by atoms with E-state index in [0.717, 1.165) is 29.1 Å². The second kappa shape index (κ2) is 6.53. The highest BCUT2D eigenvalue weighted by Gasteiger charge is 2.34. The maximum absolute atomic E-state index is 13.0. The molecular weight excluding hydrogens is 332 g/mol. The number of rotatable bonds is 4. The zero-order chi connectivity index (χ0) is 18.3. The van der Waals surface area contributed by atoms with E-state index in [4.69, 9.17) is 4.74 Å². The van der Waals surface area contributed by atoms with Crippen LogP contribution in [0.5, 0.6) is 0 Å². The van der Waals surface area contributed by atoms with Crippen molar-refractivity contribution in [1.82, 2.24) is 29.6 Å². The minimum absolute atomic E-state index is 0.0420. The van der Waals surface area contributed by atoms with Crippen molar-refractivity contribution in [2.75, 3.05) is 20.2 Å². The molecule has 1 aliphatic rings. The summed E-state index contributed by atoms with van der Waals surface area (Å²) in [6.07, 6.45) is 2.48. The number of aromatic amines is 1. The molecule has 8 nitrogen and oxygen atoms in total. The highest BCUT2D eigenvalue weighted by molar-refractivity contribution is 6.04. The summed E-state index contributed by atoms with van der Waals surface area (Å²) < 4.78 is 7.75. The van der Waals surface area contributed by atoms with Gasteiger partial charge in [0.15, 0.2) is 5.82 Å². The molecule has 8 heteroatoms. The van der Waals surface area contributed by atoms with Gasteiger partial charge < -0.3 is 14.2 Å². The number of hydrogen-bond acceptors (Lipinski definition) is 5. The van der Waals surface area contributed by atoms with Crippen LogP contribution in [-0.4, -0.2) is 61.8 Å². The Labute approximate surface area is 151 Å². The zero-order valence-electron chi connectivity index (χ0n) is 15.1. The van der Waals surface area contributed by atoms with Crippen LogP contribution in [0.4, 0.5) is 0 Å². The summed E-state index contributed by atoms with van der Waals surface area (Å²) in [6.45, 7) is 3.03. The van der Waals surface area contributed by atoms with E-state index in [-0.39, 0.29) is 17.9 Å². The van der Waals surface area contributed by atoms with Crippen molar-refractivity contribution < 1.29 is 9.53 Å². The van der Waals surface area contributed by atoms with Gasteiger partial charge in [0.05, 0.1) is 34.9 Å². The highest BCUT2D eigenvalue weighted by atomic mass is 16.5. The number of para-hydroxylation sites is 1. The standard InChI is InChI=1S/C18H22N6O2/c1-11-20-17(22-21-11)12-7-8-26-15(12)9-23(2)18(25)13-5-4-6-14-16(13)24(3)10-19-14/h4-6,10,12,15H,7-9H2,1-3H3,(H,20,21,22)/t12-,15-/m1/s1. The fourth-order valence-corrected chi connectivity index (χ4v) is 3.59. The number of aryl methyl sites for hydroxylation is 2. The Bertz CT molecular complexity index is 946. The number of nitrogens with zero attached hydrogens (tertiary/aromatic N) is 5. The van der Waals surface area contributed by atoms with Gasteiger partial charge in [-0.05, 0) is 25.5 Å². The number of carbonyl (C=O) groups is 1. The molecule has 1 aliphatic heterocycles. The van der Waals surface area contributed by atoms with E-state index in [1.165, 1.54) is 0 Å². The third-order valence-electron chi connectivity index (χ3n) is 4.92. The van der Waals surface area contributed by atoms with Gasteiger partial charge in [-0.3, -0.25) is 9.89 Å². The maximum Gasteiger partial charge on any atom is 0.255 e. The van der Waals surface area contributed by atoms with Crippen LogP contribution in [0.1, 0.15) is 34.3 Å². The fourth-order valence-electron chi connectivity index (χ4n) is 3.59. The molecule has 136 valence electrons. The predicted molar refractivity (Wildman–Crippen MR) is 95.9 cm³/mol. The number of aromatic nitrogens is 5. The van der Waals surface area contributed by atoms with Gasteiger partial charge in [0, 0.05) is 27.2 Å². The Morgan fingerprint density at radius 3 is 3.08 bits per heavy atom. The first-order valence-electron chi connectivity index (χ1n) is 8.70. The molecule has 4 rings (SSSR count). The van der Waals surface area contributed by atoms with Gasteiger partial charge in [-0.1, -0.05) is 6.07 Å². The highest BCUT2D eigenvalue weighted by Crippen LogP contribution is 2.30. The first-order valence-corrected chi connectivity index (χ1v) is 8.70. The Morgan fingerprint density at radius 1 is 1.46 bits per heavy atom. The van der Waals surface area contributed by atoms with Crippen LogP contribution in [0.25, 0.3) is 11.0 Å². The van der Waals surface area contributed by atoms with Crippen molar-refractivity contribution in [3.63, 3.8) is 0 Å². The van der Waals surface area contributed by atoms with E-state index in [2.05, 4.69) is 20.2 Å². The number of ether oxygens (including phenoxy) is 1. The predicted octanol–water partition coefficient (Wildman–Crippen LogP) is 1.64. The van der Waals surface area contributed by atoms with Gasteiger partial charge in [-0.25, -0.2) is 9.97 Å². The molecule has 0 radical (unpaired) electrons. The number of imidazole rings is 1. The van der Waals surface area contributed by atoms with E-state index in [1.54, 1.807) is 18.3 Å². The van der Waals surface area contributed by atoms with Gasteiger partial charge in [0.2, 0.25) is 0 Å². The molecule has 0 spiro atoms. The van der Waals surface area contributed by atoms with Gasteiger partial charge >= 0.3 is 0 Å². The monoisotopic (exact) mass is 354 g/mol. The molecule has 26 heavy (non-hydrogen) atoms. The summed E-state index contributed by atoms with van der Waals surface area (Å²) in [5.74, 6) is 1.61. The van der Waals surface area contributed by atoms with Crippen molar-refractivity contribution in [2.45, 2.75) is 25.4 Å². The maximum atomic E-state index is 13.0. The van der Waals surface area contributed by atoms with E-state index >= 15 is 0 Å². The van der Waals surface area contributed by atoms with E-state index < -0.39 is 0 Å². The Morgan fingerprint density at radius 2 is 2.31 bits per heavy atom. The van der Waals surface area contributed by atoms with E-state index in [1.807, 2.05) is 36.7 Å². The first kappa shape index (κ1) is 16.7. The molecule has 3 aromatic rings. The van der Waals surface area contributed by atoms with Crippen molar-refractivity contribution in [2.24, 2.45) is 7.05 Å². The Hall–Kier alpha value is -2.74. The zero-order valence-corrected chi connectivity index (χ0v) is 15.1. The van der Waals surface area contributed by atoms with Crippen LogP contribution in [0.3, 0.4) is 0 Å². The van der Waals surface area contributed by atoms with E-state index in [0.29, 0.717) is 18.7 Å². The Balaban J connectivity index is 1.54. The number of fused-ring (bicyclic) bond motifs is 1. The molecule has 1 amide bonds. The van der Waals surface area contributed by atoms with Gasteiger partial charge in [0.1, 0.15) is 5.82 Å². The summed E-state index contributed by atoms with van der Waals surface area (Å²) in [5, 5.41) is 7.16. The van der Waals surface area contributed by atoms with Crippen molar-refractivity contribution in [3.8, 4) is 0 Å². The number of carbonyl (C=O) groups excluding carboxylic acids is 1. The largest absolute Gasteiger partial charge is 0.376 e. The lowest BCUT2D eigenvalue weighted by Gasteiger charge is -2.24. The number of hydrogen-bond donors (Lipinski definition) is 1. The molecule has 0 bridgehead atoms. The lowest BCUT2D eigenvalue weighted by atomic mass is 10.00. The summed E-state index contributed by atoms with van der Waals surface area (Å²) in [4.78, 5) is 23.5. The average Bonchev–Trinajstić information content (AvgIpc) is 3.35. The van der Waals surface area contributed by atoms with Crippen LogP contribution in [0, 0.1) is 6.92 Å². The average molecular weight is 354 g/mol. The SMILES string of the molecule is Cc1nc([C@@H]2CCO[C@@H]2CN(C)C(=O)c2cccc3ncn(C)c23)n[nH]1. The second-order valence-corrected chi connectivity index (χ2v) is 6.80. The topological polar surface area (TPSA) is 88.9 Å². The lowest BCUT2D eigenvalue weighted by molar-refractivity contribution is 0.0551. The lowest BCUT2D eigenvalue weighted by Crippen LogP contribution is -2.36. The molecule has 1 saturated heterocycles. The number of H-pyrrole nitrogens is 1. The van der Waals surface area contributed by atoms with E-state index in [9.17, 15) is 4.79 Å². The number of benzene rings is 1. The number of nitrogens with one attached hydrogen (secondary N) is 1.